The second kappa shape index (κ2) is 7.85. The summed E-state index contributed by atoms with van der Waals surface area (Å²) in [5.41, 5.74) is 0. The maximum absolute atomic E-state index is 5.34. The van der Waals surface area contributed by atoms with Crippen LogP contribution >= 0.6 is 0 Å². The average Bonchev–Trinajstić information content (AvgIpc) is 2.41. The van der Waals surface area contributed by atoms with Gasteiger partial charge in [0.15, 0.2) is 0 Å². The summed E-state index contributed by atoms with van der Waals surface area (Å²) >= 11 is 0. The Hall–Kier alpha value is -0.380. The lowest BCUT2D eigenvalue weighted by Crippen LogP contribution is -2.38. The van der Waals surface area contributed by atoms with Gasteiger partial charge in [-0.2, -0.15) is 0 Å². The zero-order chi connectivity index (χ0) is 11.8. The van der Waals surface area contributed by atoms with E-state index in [0.717, 1.165) is 38.8 Å². The number of rotatable bonds is 6. The molecule has 0 aromatic rings. The fraction of sp³-hybridized carbons (Fsp3) is 0.857. The van der Waals surface area contributed by atoms with Crippen molar-refractivity contribution in [3.05, 3.63) is 12.2 Å². The van der Waals surface area contributed by atoms with Crippen LogP contribution in [-0.2, 0) is 4.74 Å². The van der Waals surface area contributed by atoms with Crippen LogP contribution in [0.3, 0.4) is 0 Å². The Morgan fingerprint density at radius 3 is 2.88 bits per heavy atom. The molecule has 0 amide bonds. The highest BCUT2D eigenvalue weighted by atomic mass is 16.5. The van der Waals surface area contributed by atoms with Crippen molar-refractivity contribution in [2.45, 2.75) is 25.7 Å². The molecule has 1 heterocycles. The molecule has 3 heteroatoms. The molecule has 2 aliphatic rings. The molecule has 0 spiro atoms. The molecule has 0 saturated carbocycles. The van der Waals surface area contributed by atoms with Crippen LogP contribution in [0.25, 0.3) is 0 Å². The summed E-state index contributed by atoms with van der Waals surface area (Å²) in [5, 5.41) is 3.60. The Morgan fingerprint density at radius 2 is 2.12 bits per heavy atom. The highest BCUT2D eigenvalue weighted by Crippen LogP contribution is 2.16. The molecule has 1 N–H and O–H groups in total. The van der Waals surface area contributed by atoms with Gasteiger partial charge in [-0.1, -0.05) is 12.2 Å². The second-order valence-corrected chi connectivity index (χ2v) is 5.16. The lowest BCUT2D eigenvalue weighted by Gasteiger charge is -2.26. The summed E-state index contributed by atoms with van der Waals surface area (Å²) in [6.07, 6.45) is 9.84. The molecule has 1 saturated heterocycles. The SMILES string of the molecule is C1=CC[C@@H](CNCCCN2CCOCC2)CC1. The molecule has 0 aromatic heterocycles. The normalized spacial score (nSPS) is 26.2. The molecule has 1 fully saturated rings. The first kappa shape index (κ1) is 13.1. The number of nitrogens with zero attached hydrogens (tertiary/aromatic N) is 1. The Morgan fingerprint density at radius 1 is 1.24 bits per heavy atom. The van der Waals surface area contributed by atoms with E-state index in [4.69, 9.17) is 4.74 Å². The van der Waals surface area contributed by atoms with Gasteiger partial charge in [0.2, 0.25) is 0 Å². The molecule has 1 aliphatic carbocycles. The van der Waals surface area contributed by atoms with Gasteiger partial charge in [0.05, 0.1) is 13.2 Å². The minimum absolute atomic E-state index is 0.878. The van der Waals surface area contributed by atoms with E-state index in [2.05, 4.69) is 22.4 Å². The van der Waals surface area contributed by atoms with Crippen LogP contribution in [0.15, 0.2) is 12.2 Å². The van der Waals surface area contributed by atoms with Crippen molar-refractivity contribution in [2.24, 2.45) is 5.92 Å². The first-order valence-corrected chi connectivity index (χ1v) is 7.11. The van der Waals surface area contributed by atoms with Gasteiger partial charge in [-0.15, -0.1) is 0 Å². The van der Waals surface area contributed by atoms with E-state index in [-0.39, 0.29) is 0 Å². The van der Waals surface area contributed by atoms with Gasteiger partial charge < -0.3 is 10.1 Å². The average molecular weight is 238 g/mol. The lowest BCUT2D eigenvalue weighted by molar-refractivity contribution is 0.0374. The Labute approximate surface area is 105 Å². The quantitative estimate of drug-likeness (QED) is 0.562. The third-order valence-electron chi connectivity index (χ3n) is 3.74. The summed E-state index contributed by atoms with van der Waals surface area (Å²) in [5.74, 6) is 0.878. The third-order valence-corrected chi connectivity index (χ3v) is 3.74. The second-order valence-electron chi connectivity index (χ2n) is 5.16. The summed E-state index contributed by atoms with van der Waals surface area (Å²) in [6, 6.07) is 0. The van der Waals surface area contributed by atoms with Gasteiger partial charge in [-0.05, 0) is 51.2 Å². The fourth-order valence-corrected chi connectivity index (χ4v) is 2.60. The van der Waals surface area contributed by atoms with E-state index < -0.39 is 0 Å². The van der Waals surface area contributed by atoms with Crippen molar-refractivity contribution >= 4 is 0 Å². The minimum Gasteiger partial charge on any atom is -0.379 e. The van der Waals surface area contributed by atoms with E-state index in [0.29, 0.717) is 0 Å². The molecule has 3 nitrogen and oxygen atoms in total. The van der Waals surface area contributed by atoms with E-state index in [1.54, 1.807) is 0 Å². The van der Waals surface area contributed by atoms with E-state index in [9.17, 15) is 0 Å². The zero-order valence-electron chi connectivity index (χ0n) is 10.9. The molecule has 0 radical (unpaired) electrons. The van der Waals surface area contributed by atoms with Crippen LogP contribution in [0.1, 0.15) is 25.7 Å². The van der Waals surface area contributed by atoms with Crippen LogP contribution < -0.4 is 5.32 Å². The van der Waals surface area contributed by atoms with Crippen LogP contribution in [0.5, 0.6) is 0 Å². The molecular weight excluding hydrogens is 212 g/mol. The number of hydrogen-bond acceptors (Lipinski definition) is 3. The van der Waals surface area contributed by atoms with E-state index >= 15 is 0 Å². The Kier molecular flexibility index (Phi) is 6.03. The molecule has 0 unspecified atom stereocenters. The van der Waals surface area contributed by atoms with Crippen molar-refractivity contribution in [2.75, 3.05) is 45.9 Å². The predicted molar refractivity (Wildman–Crippen MR) is 71.2 cm³/mol. The third kappa shape index (κ3) is 5.19. The topological polar surface area (TPSA) is 24.5 Å². The van der Waals surface area contributed by atoms with Gasteiger partial charge in [-0.3, -0.25) is 4.90 Å². The summed E-state index contributed by atoms with van der Waals surface area (Å²) in [6.45, 7) is 7.66. The Balaban J connectivity index is 1.44. The summed E-state index contributed by atoms with van der Waals surface area (Å²) in [7, 11) is 0. The number of nitrogens with one attached hydrogen (secondary N) is 1. The smallest absolute Gasteiger partial charge is 0.0594 e. The minimum atomic E-state index is 0.878. The highest BCUT2D eigenvalue weighted by Gasteiger charge is 2.10. The largest absolute Gasteiger partial charge is 0.379 e. The molecule has 0 bridgehead atoms. The standard InChI is InChI=1S/C14H26N2O/c1-2-5-14(6-3-1)13-15-7-4-8-16-9-11-17-12-10-16/h1-2,14-15H,3-13H2/t14-/m1/s1. The van der Waals surface area contributed by atoms with Crippen LogP contribution in [0, 0.1) is 5.92 Å². The monoisotopic (exact) mass is 238 g/mol. The predicted octanol–water partition coefficient (Wildman–Crippen LogP) is 1.65. The van der Waals surface area contributed by atoms with Crippen molar-refractivity contribution in [1.29, 1.82) is 0 Å². The zero-order valence-corrected chi connectivity index (χ0v) is 10.9. The molecule has 2 rings (SSSR count). The number of ether oxygens (including phenoxy) is 1. The van der Waals surface area contributed by atoms with Gasteiger partial charge in [0.1, 0.15) is 0 Å². The molecule has 1 aliphatic heterocycles. The van der Waals surface area contributed by atoms with Gasteiger partial charge in [0.25, 0.3) is 0 Å². The maximum atomic E-state index is 5.34. The van der Waals surface area contributed by atoms with Gasteiger partial charge in [0, 0.05) is 13.1 Å². The number of hydrogen-bond donors (Lipinski definition) is 1. The fourth-order valence-electron chi connectivity index (χ4n) is 2.60. The van der Waals surface area contributed by atoms with E-state index in [1.807, 2.05) is 0 Å². The molecule has 17 heavy (non-hydrogen) atoms. The van der Waals surface area contributed by atoms with Crippen molar-refractivity contribution in [1.82, 2.24) is 10.2 Å². The van der Waals surface area contributed by atoms with Crippen molar-refractivity contribution in [3.8, 4) is 0 Å². The molecule has 0 aromatic carbocycles. The first-order valence-electron chi connectivity index (χ1n) is 7.11. The lowest BCUT2D eigenvalue weighted by atomic mass is 9.94. The van der Waals surface area contributed by atoms with Crippen LogP contribution in [-0.4, -0.2) is 50.8 Å². The van der Waals surface area contributed by atoms with Crippen LogP contribution in [0.4, 0.5) is 0 Å². The van der Waals surface area contributed by atoms with E-state index in [1.165, 1.54) is 38.8 Å². The van der Waals surface area contributed by atoms with Gasteiger partial charge in [-0.25, -0.2) is 0 Å². The van der Waals surface area contributed by atoms with Crippen molar-refractivity contribution in [3.63, 3.8) is 0 Å². The Bertz CT molecular complexity index is 224. The van der Waals surface area contributed by atoms with Crippen LogP contribution in [0.2, 0.25) is 0 Å². The number of morpholine rings is 1. The number of allylic oxidation sites excluding steroid dienone is 2. The molecule has 98 valence electrons. The maximum Gasteiger partial charge on any atom is 0.0594 e. The molecular formula is C14H26N2O. The summed E-state index contributed by atoms with van der Waals surface area (Å²) in [4.78, 5) is 2.51. The van der Waals surface area contributed by atoms with Crippen molar-refractivity contribution < 1.29 is 4.74 Å². The van der Waals surface area contributed by atoms with Gasteiger partial charge >= 0.3 is 0 Å². The summed E-state index contributed by atoms with van der Waals surface area (Å²) < 4.78 is 5.34. The molecule has 1 atom stereocenters. The first-order chi connectivity index (χ1) is 8.45. The highest BCUT2D eigenvalue weighted by molar-refractivity contribution is 4.90.